The van der Waals surface area contributed by atoms with Crippen LogP contribution in [0.25, 0.3) is 0 Å². The fourth-order valence-electron chi connectivity index (χ4n) is 1.18. The zero-order valence-electron chi connectivity index (χ0n) is 8.03. The number of benzene rings is 1. The monoisotopic (exact) mass is 199 g/mol. The first-order valence-corrected chi connectivity index (χ1v) is 4.30. The topological polar surface area (TPSA) is 29.1 Å². The predicted molar refractivity (Wildman–Crippen MR) is 50.5 cm³/mol. The van der Waals surface area contributed by atoms with Gasteiger partial charge in [0.25, 0.3) is 0 Å². The maximum Gasteiger partial charge on any atom is 0.162 e. The molecule has 0 unspecified atom stereocenters. The zero-order chi connectivity index (χ0) is 10.7. The average molecular weight is 199 g/mol. The average Bonchev–Trinajstić information content (AvgIpc) is 2.16. The third-order valence-electron chi connectivity index (χ3n) is 1.94. The molecule has 0 spiro atoms. The number of hydrogen-bond donors (Lipinski definition) is 1. The highest BCUT2D eigenvalue weighted by Gasteiger charge is 2.12. The lowest BCUT2D eigenvalue weighted by Gasteiger charge is -2.05. The van der Waals surface area contributed by atoms with E-state index in [0.717, 1.165) is 12.1 Å². The first-order valence-electron chi connectivity index (χ1n) is 4.30. The minimum absolute atomic E-state index is 0.0708. The molecule has 1 rings (SSSR count). The first kappa shape index (κ1) is 10.6. The van der Waals surface area contributed by atoms with Crippen molar-refractivity contribution in [2.24, 2.45) is 0 Å². The van der Waals surface area contributed by atoms with Gasteiger partial charge in [-0.3, -0.25) is 4.79 Å². The summed E-state index contributed by atoms with van der Waals surface area (Å²) in [6, 6.07) is 2.08. The number of hydrogen-bond acceptors (Lipinski definition) is 2. The third-order valence-corrected chi connectivity index (χ3v) is 1.94. The lowest BCUT2D eigenvalue weighted by molar-refractivity contribution is 0.0987. The molecule has 2 nitrogen and oxygen atoms in total. The van der Waals surface area contributed by atoms with Gasteiger partial charge in [0.05, 0.1) is 0 Å². The Morgan fingerprint density at radius 3 is 2.21 bits per heavy atom. The van der Waals surface area contributed by atoms with E-state index in [9.17, 15) is 13.6 Å². The summed E-state index contributed by atoms with van der Waals surface area (Å²) in [4.78, 5) is 11.2. The third kappa shape index (κ3) is 1.89. The lowest BCUT2D eigenvalue weighted by atomic mass is 10.1. The van der Waals surface area contributed by atoms with Gasteiger partial charge in [0.2, 0.25) is 0 Å². The van der Waals surface area contributed by atoms with Crippen LogP contribution in [-0.4, -0.2) is 12.8 Å². The fourth-order valence-corrected chi connectivity index (χ4v) is 1.18. The van der Waals surface area contributed by atoms with Gasteiger partial charge in [-0.15, -0.1) is 0 Å². The molecule has 0 aromatic heterocycles. The van der Waals surface area contributed by atoms with Gasteiger partial charge in [-0.05, 0) is 12.1 Å². The van der Waals surface area contributed by atoms with E-state index in [-0.39, 0.29) is 23.5 Å². The number of rotatable bonds is 3. The van der Waals surface area contributed by atoms with Crippen molar-refractivity contribution in [1.29, 1.82) is 0 Å². The summed E-state index contributed by atoms with van der Waals surface area (Å²) in [5.74, 6) is -1.76. The van der Waals surface area contributed by atoms with Crippen molar-refractivity contribution in [3.05, 3.63) is 29.3 Å². The van der Waals surface area contributed by atoms with E-state index in [2.05, 4.69) is 5.32 Å². The lowest BCUT2D eigenvalue weighted by Crippen LogP contribution is -2.03. The van der Waals surface area contributed by atoms with Gasteiger partial charge in [-0.1, -0.05) is 6.92 Å². The smallest absolute Gasteiger partial charge is 0.162 e. The quantitative estimate of drug-likeness (QED) is 0.758. The highest BCUT2D eigenvalue weighted by molar-refractivity contribution is 5.96. The van der Waals surface area contributed by atoms with Crippen molar-refractivity contribution in [3.63, 3.8) is 0 Å². The SMILES string of the molecule is CCC(=O)c1cc(F)c(NC)c(F)c1. The summed E-state index contributed by atoms with van der Waals surface area (Å²) < 4.78 is 26.3. The van der Waals surface area contributed by atoms with Gasteiger partial charge in [-0.2, -0.15) is 0 Å². The number of carbonyl (C=O) groups is 1. The molecular formula is C10H11F2NO. The normalized spacial score (nSPS) is 10.0. The van der Waals surface area contributed by atoms with Crippen molar-refractivity contribution in [2.45, 2.75) is 13.3 Å². The van der Waals surface area contributed by atoms with E-state index < -0.39 is 11.6 Å². The van der Waals surface area contributed by atoms with Crippen LogP contribution in [0.4, 0.5) is 14.5 Å². The summed E-state index contributed by atoms with van der Waals surface area (Å²) in [5, 5.41) is 2.39. The van der Waals surface area contributed by atoms with Gasteiger partial charge < -0.3 is 5.32 Å². The van der Waals surface area contributed by atoms with E-state index in [1.807, 2.05) is 0 Å². The number of halogens is 2. The second kappa shape index (κ2) is 4.17. The van der Waals surface area contributed by atoms with E-state index >= 15 is 0 Å². The fraction of sp³-hybridized carbons (Fsp3) is 0.300. The first-order chi connectivity index (χ1) is 6.60. The van der Waals surface area contributed by atoms with Crippen molar-refractivity contribution in [2.75, 3.05) is 12.4 Å². The number of carbonyl (C=O) groups excluding carboxylic acids is 1. The maximum atomic E-state index is 13.2. The molecule has 1 N–H and O–H groups in total. The molecule has 0 fully saturated rings. The van der Waals surface area contributed by atoms with Crippen molar-refractivity contribution >= 4 is 11.5 Å². The molecule has 0 heterocycles. The Balaban J connectivity index is 3.20. The van der Waals surface area contributed by atoms with Crippen molar-refractivity contribution in [1.82, 2.24) is 0 Å². The Kier molecular flexibility index (Phi) is 3.17. The molecule has 0 bridgehead atoms. The highest BCUT2D eigenvalue weighted by atomic mass is 19.1. The van der Waals surface area contributed by atoms with Gasteiger partial charge in [-0.25, -0.2) is 8.78 Å². The molecule has 76 valence electrons. The molecule has 0 radical (unpaired) electrons. The summed E-state index contributed by atoms with van der Waals surface area (Å²) >= 11 is 0. The van der Waals surface area contributed by atoms with Gasteiger partial charge in [0.15, 0.2) is 5.78 Å². The van der Waals surface area contributed by atoms with E-state index in [1.54, 1.807) is 6.92 Å². The van der Waals surface area contributed by atoms with E-state index in [0.29, 0.717) is 0 Å². The van der Waals surface area contributed by atoms with Crippen LogP contribution in [0.15, 0.2) is 12.1 Å². The standard InChI is InChI=1S/C10H11F2NO/c1-3-9(14)6-4-7(11)10(13-2)8(12)5-6/h4-5,13H,3H2,1-2H3. The largest absolute Gasteiger partial charge is 0.383 e. The van der Waals surface area contributed by atoms with Crippen LogP contribution in [0.2, 0.25) is 0 Å². The summed E-state index contributed by atoms with van der Waals surface area (Å²) in [6.07, 6.45) is 0.234. The molecule has 4 heteroatoms. The Morgan fingerprint density at radius 1 is 1.36 bits per heavy atom. The van der Waals surface area contributed by atoms with Crippen LogP contribution in [0, 0.1) is 11.6 Å². The van der Waals surface area contributed by atoms with Gasteiger partial charge in [0, 0.05) is 19.0 Å². The van der Waals surface area contributed by atoms with Crippen LogP contribution < -0.4 is 5.32 Å². The molecule has 0 aliphatic carbocycles. The molecule has 0 atom stereocenters. The van der Waals surface area contributed by atoms with Crippen molar-refractivity contribution in [3.8, 4) is 0 Å². The number of nitrogens with one attached hydrogen (secondary N) is 1. The summed E-state index contributed by atoms with van der Waals surface area (Å²) in [7, 11) is 1.42. The van der Waals surface area contributed by atoms with Crippen LogP contribution >= 0.6 is 0 Å². The molecule has 0 aliphatic heterocycles. The van der Waals surface area contributed by atoms with Gasteiger partial charge >= 0.3 is 0 Å². The Labute approximate surface area is 80.9 Å². The molecule has 1 aromatic carbocycles. The molecular weight excluding hydrogens is 188 g/mol. The molecule has 0 saturated heterocycles. The van der Waals surface area contributed by atoms with Crippen LogP contribution in [0.3, 0.4) is 0 Å². The van der Waals surface area contributed by atoms with Crippen LogP contribution in [0.1, 0.15) is 23.7 Å². The predicted octanol–water partition coefficient (Wildman–Crippen LogP) is 2.60. The minimum Gasteiger partial charge on any atom is -0.383 e. The number of Topliss-reactive ketones (excluding diaryl/α,β-unsaturated/α-hetero) is 1. The molecule has 0 aliphatic rings. The minimum atomic E-state index is -0.746. The van der Waals surface area contributed by atoms with Crippen LogP contribution in [-0.2, 0) is 0 Å². The second-order valence-electron chi connectivity index (χ2n) is 2.84. The highest BCUT2D eigenvalue weighted by Crippen LogP contribution is 2.20. The molecule has 0 saturated carbocycles. The number of anilines is 1. The Bertz CT molecular complexity index is 340. The maximum absolute atomic E-state index is 13.2. The van der Waals surface area contributed by atoms with E-state index in [1.165, 1.54) is 7.05 Å². The van der Waals surface area contributed by atoms with Crippen LogP contribution in [0.5, 0.6) is 0 Å². The Hall–Kier alpha value is -1.45. The molecule has 0 amide bonds. The molecule has 14 heavy (non-hydrogen) atoms. The van der Waals surface area contributed by atoms with Gasteiger partial charge in [0.1, 0.15) is 17.3 Å². The molecule has 1 aromatic rings. The summed E-state index contributed by atoms with van der Waals surface area (Å²) in [5.41, 5.74) is -0.140. The van der Waals surface area contributed by atoms with Crippen molar-refractivity contribution < 1.29 is 13.6 Å². The zero-order valence-corrected chi connectivity index (χ0v) is 8.03. The number of ketones is 1. The van der Waals surface area contributed by atoms with E-state index in [4.69, 9.17) is 0 Å². The second-order valence-corrected chi connectivity index (χ2v) is 2.84. The Morgan fingerprint density at radius 2 is 1.86 bits per heavy atom. The summed E-state index contributed by atoms with van der Waals surface area (Å²) in [6.45, 7) is 1.64.